The number of piperazine rings is 1. The highest BCUT2D eigenvalue weighted by atomic mass is 35.5. The van der Waals surface area contributed by atoms with E-state index in [9.17, 15) is 4.79 Å². The van der Waals surface area contributed by atoms with Crippen molar-refractivity contribution in [2.75, 3.05) is 31.1 Å². The highest BCUT2D eigenvalue weighted by molar-refractivity contribution is 6.30. The van der Waals surface area contributed by atoms with E-state index >= 15 is 0 Å². The fourth-order valence-corrected chi connectivity index (χ4v) is 2.84. The number of anilines is 1. The molecule has 1 amide bonds. The third kappa shape index (κ3) is 3.09. The molecule has 0 radical (unpaired) electrons. The first-order valence-electron chi connectivity index (χ1n) is 7.50. The normalized spacial score (nSPS) is 15.2. The molecule has 1 aliphatic heterocycles. The van der Waals surface area contributed by atoms with Crippen molar-refractivity contribution in [2.24, 2.45) is 0 Å². The van der Waals surface area contributed by atoms with Gasteiger partial charge in [0.2, 0.25) is 0 Å². The number of halogens is 1. The maximum Gasteiger partial charge on any atom is 0.274 e. The lowest BCUT2D eigenvalue weighted by molar-refractivity contribution is 0.0740. The van der Waals surface area contributed by atoms with Crippen LogP contribution in [-0.4, -0.2) is 46.8 Å². The molecule has 2 aromatic rings. The van der Waals surface area contributed by atoms with E-state index in [-0.39, 0.29) is 5.91 Å². The van der Waals surface area contributed by atoms with Crippen molar-refractivity contribution in [1.29, 1.82) is 0 Å². The summed E-state index contributed by atoms with van der Waals surface area (Å²) < 4.78 is 1.77. The maximum absolute atomic E-state index is 12.4. The molecule has 0 spiro atoms. The van der Waals surface area contributed by atoms with E-state index in [4.69, 9.17) is 11.6 Å². The van der Waals surface area contributed by atoms with Crippen LogP contribution in [0.3, 0.4) is 0 Å². The topological polar surface area (TPSA) is 41.4 Å². The molecule has 1 aromatic heterocycles. The van der Waals surface area contributed by atoms with Crippen LogP contribution in [0.15, 0.2) is 36.5 Å². The smallest absolute Gasteiger partial charge is 0.274 e. The SMILES string of the molecule is CCn1ccc(C(=O)N2CCN(c3cccc(Cl)c3)CC2)n1. The molecular formula is C16H19ClN4O. The number of rotatable bonds is 3. The molecule has 0 N–H and O–H groups in total. The molecule has 2 heterocycles. The minimum Gasteiger partial charge on any atom is -0.368 e. The second kappa shape index (κ2) is 6.40. The van der Waals surface area contributed by atoms with Gasteiger partial charge in [-0.3, -0.25) is 9.48 Å². The number of aromatic nitrogens is 2. The summed E-state index contributed by atoms with van der Waals surface area (Å²) in [5.41, 5.74) is 1.63. The van der Waals surface area contributed by atoms with Crippen LogP contribution in [0.2, 0.25) is 5.02 Å². The predicted molar refractivity (Wildman–Crippen MR) is 87.5 cm³/mol. The minimum atomic E-state index is 0.0120. The van der Waals surface area contributed by atoms with Crippen molar-refractivity contribution >= 4 is 23.2 Å². The lowest BCUT2D eigenvalue weighted by Gasteiger charge is -2.35. The molecule has 0 atom stereocenters. The molecule has 1 fully saturated rings. The average molecular weight is 319 g/mol. The van der Waals surface area contributed by atoms with Gasteiger partial charge in [-0.15, -0.1) is 0 Å². The second-order valence-corrected chi connectivity index (χ2v) is 5.75. The van der Waals surface area contributed by atoms with E-state index in [1.165, 1.54) is 0 Å². The Hall–Kier alpha value is -2.01. The standard InChI is InChI=1S/C16H19ClN4O/c1-2-21-7-6-15(18-21)16(22)20-10-8-19(9-11-20)14-5-3-4-13(17)12-14/h3-7,12H,2,8-11H2,1H3. The summed E-state index contributed by atoms with van der Waals surface area (Å²) in [5, 5.41) is 5.02. The molecule has 1 saturated heterocycles. The van der Waals surface area contributed by atoms with Crippen molar-refractivity contribution in [1.82, 2.24) is 14.7 Å². The van der Waals surface area contributed by atoms with Crippen molar-refractivity contribution in [3.8, 4) is 0 Å². The molecule has 6 heteroatoms. The van der Waals surface area contributed by atoms with Gasteiger partial charge in [-0.1, -0.05) is 17.7 Å². The van der Waals surface area contributed by atoms with Crippen LogP contribution >= 0.6 is 11.6 Å². The monoisotopic (exact) mass is 318 g/mol. The third-order valence-corrected chi connectivity index (χ3v) is 4.16. The van der Waals surface area contributed by atoms with Crippen LogP contribution in [0, 0.1) is 0 Å². The third-order valence-electron chi connectivity index (χ3n) is 3.92. The van der Waals surface area contributed by atoms with E-state index in [1.54, 1.807) is 10.7 Å². The fourth-order valence-electron chi connectivity index (χ4n) is 2.65. The molecular weight excluding hydrogens is 300 g/mol. The molecule has 3 rings (SSSR count). The zero-order valence-electron chi connectivity index (χ0n) is 12.6. The van der Waals surface area contributed by atoms with Crippen LogP contribution in [0.4, 0.5) is 5.69 Å². The van der Waals surface area contributed by atoms with Crippen LogP contribution in [0.1, 0.15) is 17.4 Å². The lowest BCUT2D eigenvalue weighted by atomic mass is 10.2. The predicted octanol–water partition coefficient (Wildman–Crippen LogP) is 2.52. The summed E-state index contributed by atoms with van der Waals surface area (Å²) in [5.74, 6) is 0.0120. The van der Waals surface area contributed by atoms with Crippen LogP contribution < -0.4 is 4.90 Å². The van der Waals surface area contributed by atoms with Gasteiger partial charge in [-0.25, -0.2) is 0 Å². The van der Waals surface area contributed by atoms with Crippen molar-refractivity contribution < 1.29 is 4.79 Å². The minimum absolute atomic E-state index is 0.0120. The van der Waals surface area contributed by atoms with Gasteiger partial charge in [-0.05, 0) is 31.2 Å². The molecule has 22 heavy (non-hydrogen) atoms. The Bertz CT molecular complexity index is 662. The zero-order valence-corrected chi connectivity index (χ0v) is 13.3. The van der Waals surface area contributed by atoms with Gasteiger partial charge < -0.3 is 9.80 Å². The summed E-state index contributed by atoms with van der Waals surface area (Å²) in [6, 6.07) is 9.62. The first kappa shape index (κ1) is 14.9. The number of carbonyl (C=O) groups excluding carboxylic acids is 1. The number of amides is 1. The number of nitrogens with zero attached hydrogens (tertiary/aromatic N) is 4. The Morgan fingerprint density at radius 3 is 2.64 bits per heavy atom. The van der Waals surface area contributed by atoms with E-state index in [2.05, 4.69) is 10.00 Å². The highest BCUT2D eigenvalue weighted by Crippen LogP contribution is 2.21. The first-order chi connectivity index (χ1) is 10.7. The number of aryl methyl sites for hydroxylation is 1. The number of benzene rings is 1. The summed E-state index contributed by atoms with van der Waals surface area (Å²) in [4.78, 5) is 16.6. The van der Waals surface area contributed by atoms with Crippen LogP contribution in [-0.2, 0) is 6.54 Å². The molecule has 0 saturated carbocycles. The Morgan fingerprint density at radius 1 is 1.23 bits per heavy atom. The fraction of sp³-hybridized carbons (Fsp3) is 0.375. The number of carbonyl (C=O) groups is 1. The van der Waals surface area contributed by atoms with Crippen molar-refractivity contribution in [2.45, 2.75) is 13.5 Å². The number of hydrogen-bond donors (Lipinski definition) is 0. The largest absolute Gasteiger partial charge is 0.368 e. The Morgan fingerprint density at radius 2 is 2.00 bits per heavy atom. The zero-order chi connectivity index (χ0) is 15.5. The van der Waals surface area contributed by atoms with Gasteiger partial charge in [0.05, 0.1) is 0 Å². The van der Waals surface area contributed by atoms with Gasteiger partial charge in [0, 0.05) is 49.6 Å². The Labute approximate surface area is 135 Å². The first-order valence-corrected chi connectivity index (χ1v) is 7.88. The summed E-state index contributed by atoms with van der Waals surface area (Å²) in [7, 11) is 0. The quantitative estimate of drug-likeness (QED) is 0.873. The highest BCUT2D eigenvalue weighted by Gasteiger charge is 2.23. The molecule has 0 unspecified atom stereocenters. The molecule has 5 nitrogen and oxygen atoms in total. The molecule has 0 bridgehead atoms. The Balaban J connectivity index is 1.62. The van der Waals surface area contributed by atoms with Crippen molar-refractivity contribution in [3.05, 3.63) is 47.2 Å². The molecule has 0 aliphatic carbocycles. The molecule has 1 aliphatic rings. The lowest BCUT2D eigenvalue weighted by Crippen LogP contribution is -2.48. The van der Waals surface area contributed by atoms with Gasteiger partial charge in [-0.2, -0.15) is 5.10 Å². The summed E-state index contributed by atoms with van der Waals surface area (Å²) in [6.07, 6.45) is 1.84. The van der Waals surface area contributed by atoms with Gasteiger partial charge >= 0.3 is 0 Å². The molecule has 1 aromatic carbocycles. The van der Waals surface area contributed by atoms with E-state index in [1.807, 2.05) is 42.3 Å². The Kier molecular flexibility index (Phi) is 4.34. The average Bonchev–Trinajstić information content (AvgIpc) is 3.03. The van der Waals surface area contributed by atoms with Gasteiger partial charge in [0.1, 0.15) is 5.69 Å². The summed E-state index contributed by atoms with van der Waals surface area (Å²) >= 11 is 6.04. The second-order valence-electron chi connectivity index (χ2n) is 5.32. The van der Waals surface area contributed by atoms with E-state index < -0.39 is 0 Å². The van der Waals surface area contributed by atoms with E-state index in [0.717, 1.165) is 30.3 Å². The molecule has 116 valence electrons. The number of hydrogen-bond acceptors (Lipinski definition) is 3. The van der Waals surface area contributed by atoms with Crippen LogP contribution in [0.25, 0.3) is 0 Å². The van der Waals surface area contributed by atoms with E-state index in [0.29, 0.717) is 18.8 Å². The maximum atomic E-state index is 12.4. The van der Waals surface area contributed by atoms with Crippen LogP contribution in [0.5, 0.6) is 0 Å². The van der Waals surface area contributed by atoms with Gasteiger partial charge in [0.15, 0.2) is 0 Å². The van der Waals surface area contributed by atoms with Crippen molar-refractivity contribution in [3.63, 3.8) is 0 Å². The van der Waals surface area contributed by atoms with Gasteiger partial charge in [0.25, 0.3) is 5.91 Å². The summed E-state index contributed by atoms with van der Waals surface area (Å²) in [6.45, 7) is 5.79.